The minimum absolute atomic E-state index is 0.0535. The number of carbonyl (C=O) groups is 3. The van der Waals surface area contributed by atoms with Crippen molar-refractivity contribution in [2.75, 3.05) is 27.7 Å². The number of benzene rings is 1. The normalized spacial score (nSPS) is 24.0. The highest BCUT2D eigenvalue weighted by molar-refractivity contribution is 6.28. The average molecular weight is 592 g/mol. The van der Waals surface area contributed by atoms with Crippen LogP contribution in [0.3, 0.4) is 0 Å². The summed E-state index contributed by atoms with van der Waals surface area (Å²) >= 11 is 0. The number of aromatic amines is 1. The molecular formula is C32H41N5O6. The van der Waals surface area contributed by atoms with Gasteiger partial charge in [-0.05, 0) is 74.8 Å². The number of aromatic hydroxyl groups is 1. The lowest BCUT2D eigenvalue weighted by Crippen LogP contribution is -2.55. The topological polar surface area (TPSA) is 173 Å². The molecule has 4 unspecified atom stereocenters. The van der Waals surface area contributed by atoms with Crippen LogP contribution in [0.2, 0.25) is 0 Å². The zero-order chi connectivity index (χ0) is 31.5. The fraction of sp³-hybridized carbons (Fsp3) is 0.500. The Morgan fingerprint density at radius 3 is 2.44 bits per heavy atom. The molecular weight excluding hydrogens is 550 g/mol. The maximum atomic E-state index is 14.1. The first-order chi connectivity index (χ1) is 20.2. The summed E-state index contributed by atoms with van der Waals surface area (Å²) in [6.45, 7) is 7.66. The minimum Gasteiger partial charge on any atom is -0.510 e. The number of phenolic OH excluding ortho intramolecular Hbond substituents is 1. The highest BCUT2D eigenvalue weighted by Crippen LogP contribution is 2.52. The van der Waals surface area contributed by atoms with Crippen LogP contribution in [0.5, 0.6) is 5.75 Å². The molecule has 6 N–H and O–H groups in total. The molecule has 1 heterocycles. The molecule has 1 fully saturated rings. The molecule has 11 heteroatoms. The molecule has 43 heavy (non-hydrogen) atoms. The van der Waals surface area contributed by atoms with E-state index in [1.54, 1.807) is 31.4 Å². The first-order valence-electron chi connectivity index (χ1n) is 14.6. The second-order valence-electron chi connectivity index (χ2n) is 13.3. The first kappa shape index (κ1) is 30.5. The van der Waals surface area contributed by atoms with Gasteiger partial charge >= 0.3 is 0 Å². The Kier molecular flexibility index (Phi) is 7.77. The van der Waals surface area contributed by atoms with E-state index in [9.17, 15) is 29.7 Å². The Hall–Kier alpha value is -3.96. The predicted molar refractivity (Wildman–Crippen MR) is 161 cm³/mol. The van der Waals surface area contributed by atoms with E-state index in [0.29, 0.717) is 30.5 Å². The number of nitrogens with one attached hydrogen (secondary N) is 1. The molecule has 0 bridgehead atoms. The minimum atomic E-state index is -1.29. The van der Waals surface area contributed by atoms with E-state index in [4.69, 9.17) is 5.73 Å². The van der Waals surface area contributed by atoms with Crippen LogP contribution in [0.4, 0.5) is 0 Å². The van der Waals surface area contributed by atoms with Gasteiger partial charge in [0.25, 0.3) is 5.91 Å². The predicted octanol–water partition coefficient (Wildman–Crippen LogP) is 3.11. The lowest BCUT2D eigenvalue weighted by atomic mass is 9.59. The van der Waals surface area contributed by atoms with Crippen molar-refractivity contribution in [3.8, 4) is 16.9 Å². The molecule has 5 rings (SSSR count). The number of rotatable bonds is 8. The maximum Gasteiger partial charge on any atom is 0.255 e. The Morgan fingerprint density at radius 2 is 1.86 bits per heavy atom. The van der Waals surface area contributed by atoms with E-state index in [-0.39, 0.29) is 28.1 Å². The van der Waals surface area contributed by atoms with Crippen LogP contribution < -0.4 is 5.73 Å². The Bertz CT molecular complexity index is 1550. The van der Waals surface area contributed by atoms with Crippen molar-refractivity contribution in [2.45, 2.75) is 52.6 Å². The first-order valence-corrected chi connectivity index (χ1v) is 14.6. The van der Waals surface area contributed by atoms with Crippen molar-refractivity contribution in [1.82, 2.24) is 20.0 Å². The van der Waals surface area contributed by atoms with Crippen molar-refractivity contribution in [3.63, 3.8) is 0 Å². The monoisotopic (exact) mass is 591 g/mol. The number of allylic oxidation sites excluding steroid dienone is 1. The van der Waals surface area contributed by atoms with E-state index in [0.717, 1.165) is 24.1 Å². The van der Waals surface area contributed by atoms with Crippen LogP contribution >= 0.6 is 0 Å². The number of phenols is 1. The van der Waals surface area contributed by atoms with Gasteiger partial charge in [-0.3, -0.25) is 24.4 Å². The molecule has 2 aromatic rings. The van der Waals surface area contributed by atoms with Gasteiger partial charge in [0.2, 0.25) is 0 Å². The number of ketones is 2. The summed E-state index contributed by atoms with van der Waals surface area (Å²) in [6.07, 6.45) is 5.01. The third kappa shape index (κ3) is 5.04. The average Bonchev–Trinajstić information content (AvgIpc) is 3.44. The van der Waals surface area contributed by atoms with Gasteiger partial charge in [0.15, 0.2) is 11.6 Å². The van der Waals surface area contributed by atoms with E-state index in [1.807, 2.05) is 13.1 Å². The molecule has 3 aliphatic rings. The van der Waals surface area contributed by atoms with Crippen molar-refractivity contribution < 1.29 is 29.7 Å². The molecule has 0 radical (unpaired) electrons. The number of likely N-dealkylation sites (N-methyl/N-ethyl adjacent to an activating group) is 1. The number of amides is 1. The summed E-state index contributed by atoms with van der Waals surface area (Å²) in [5, 5.41) is 41.3. The third-order valence-corrected chi connectivity index (χ3v) is 9.55. The molecule has 1 amide bonds. The zero-order valence-electron chi connectivity index (χ0n) is 25.6. The fourth-order valence-electron chi connectivity index (χ4n) is 7.35. The highest BCUT2D eigenvalue weighted by Gasteiger charge is 2.56. The van der Waals surface area contributed by atoms with Crippen LogP contribution in [-0.4, -0.2) is 86.5 Å². The second kappa shape index (κ2) is 10.9. The number of fused-ring (bicyclic) bond motifs is 3. The fourth-order valence-corrected chi connectivity index (χ4v) is 7.35. The van der Waals surface area contributed by atoms with Crippen molar-refractivity contribution >= 4 is 23.2 Å². The number of Topliss-reactive ketones (excluding diaryl/α,β-unsaturated/α-hetero) is 2. The molecule has 230 valence electrons. The summed E-state index contributed by atoms with van der Waals surface area (Å²) in [7, 11) is 5.37. The smallest absolute Gasteiger partial charge is 0.255 e. The summed E-state index contributed by atoms with van der Waals surface area (Å²) < 4.78 is 0. The largest absolute Gasteiger partial charge is 0.510 e. The SMILES string of the molecule is CCC(C)(C)CN(C)Cc1cc(-c2cn[nH]c2)c2c(c1O)C(O)=C1C(=O)C3C(=O)C(C(N)=O)=C(O)C(N(C)C)C3CC1C2. The number of aliphatic hydroxyl groups is 2. The third-order valence-electron chi connectivity index (χ3n) is 9.55. The van der Waals surface area contributed by atoms with Crippen molar-refractivity contribution in [3.05, 3.63) is 52.1 Å². The van der Waals surface area contributed by atoms with Crippen LogP contribution in [0.25, 0.3) is 16.9 Å². The standard InChI is InChI=1S/C32H41N5O6/c1-7-32(2,3)14-37(6)13-16-10-18(17-11-34-35-12-17)19-8-15-9-20-23(28(40)21(15)27(39)22(19)26(16)38)29(41)24(31(33)43)30(42)25(20)36(4)5/h10-12,15,20,23,25,38-39,42H,7-9,13-14H2,1-6H3,(H2,33,43)(H,34,35). The molecule has 0 aliphatic heterocycles. The van der Waals surface area contributed by atoms with E-state index < -0.39 is 52.6 Å². The lowest BCUT2D eigenvalue weighted by molar-refractivity contribution is -0.136. The van der Waals surface area contributed by atoms with Crippen LogP contribution in [-0.2, 0) is 27.3 Å². The Morgan fingerprint density at radius 1 is 1.16 bits per heavy atom. The zero-order valence-corrected chi connectivity index (χ0v) is 25.6. The summed E-state index contributed by atoms with van der Waals surface area (Å²) in [6, 6.07) is 1.13. The number of H-pyrrole nitrogens is 1. The number of carbonyl (C=O) groups excluding carboxylic acids is 3. The highest BCUT2D eigenvalue weighted by atomic mass is 16.3. The summed E-state index contributed by atoms with van der Waals surface area (Å²) in [5.41, 5.74) is 8.01. The van der Waals surface area contributed by atoms with Gasteiger partial charge in [0, 0.05) is 36.0 Å². The number of aromatic nitrogens is 2. The number of hydrogen-bond donors (Lipinski definition) is 5. The molecule has 0 spiro atoms. The Balaban J connectivity index is 1.66. The van der Waals surface area contributed by atoms with Gasteiger partial charge in [0.1, 0.15) is 22.8 Å². The van der Waals surface area contributed by atoms with Crippen LogP contribution in [0.1, 0.15) is 50.3 Å². The number of primary amides is 1. The lowest BCUT2D eigenvalue weighted by Gasteiger charge is -2.46. The van der Waals surface area contributed by atoms with Crippen LogP contribution in [0, 0.1) is 23.2 Å². The van der Waals surface area contributed by atoms with Gasteiger partial charge < -0.3 is 26.0 Å². The summed E-state index contributed by atoms with van der Waals surface area (Å²) in [5.74, 6) is -5.85. The van der Waals surface area contributed by atoms with Crippen LogP contribution in [0.15, 0.2) is 35.4 Å². The molecule has 0 saturated heterocycles. The van der Waals surface area contributed by atoms with E-state index in [2.05, 4.69) is 35.9 Å². The number of hydrogen-bond acceptors (Lipinski definition) is 9. The number of nitrogens with zero attached hydrogens (tertiary/aromatic N) is 3. The van der Waals surface area contributed by atoms with E-state index >= 15 is 0 Å². The van der Waals surface area contributed by atoms with Crippen molar-refractivity contribution in [1.29, 1.82) is 0 Å². The van der Waals surface area contributed by atoms with Gasteiger partial charge in [0.05, 0.1) is 23.7 Å². The maximum absolute atomic E-state index is 14.1. The molecule has 11 nitrogen and oxygen atoms in total. The molecule has 1 aromatic heterocycles. The second-order valence-corrected chi connectivity index (χ2v) is 13.3. The number of aliphatic hydroxyl groups excluding tert-OH is 2. The van der Waals surface area contributed by atoms with Crippen molar-refractivity contribution in [2.24, 2.45) is 28.9 Å². The van der Waals surface area contributed by atoms with Gasteiger partial charge in [-0.2, -0.15) is 5.10 Å². The molecule has 1 saturated carbocycles. The van der Waals surface area contributed by atoms with Gasteiger partial charge in [-0.25, -0.2) is 0 Å². The molecule has 3 aliphatic carbocycles. The van der Waals surface area contributed by atoms with Gasteiger partial charge in [-0.1, -0.05) is 20.8 Å². The van der Waals surface area contributed by atoms with E-state index in [1.165, 1.54) is 0 Å². The summed E-state index contributed by atoms with van der Waals surface area (Å²) in [4.78, 5) is 43.6. The quantitative estimate of drug-likeness (QED) is 0.228. The molecule has 1 aromatic carbocycles. The number of nitrogens with two attached hydrogens (primary N) is 1. The van der Waals surface area contributed by atoms with Gasteiger partial charge in [-0.15, -0.1) is 0 Å². The molecule has 4 atom stereocenters. The Labute approximate surface area is 251 Å².